The number of rotatable bonds is 5. The third-order valence-electron chi connectivity index (χ3n) is 4.73. The lowest BCUT2D eigenvalue weighted by molar-refractivity contribution is 1.27. The molecule has 0 saturated carbocycles. The number of anilines is 3. The number of para-hydroxylation sites is 1. The minimum absolute atomic E-state index is 1.15. The highest BCUT2D eigenvalue weighted by molar-refractivity contribution is 5.78. The zero-order chi connectivity index (χ0) is 19.2. The van der Waals surface area contributed by atoms with Crippen LogP contribution in [0.3, 0.4) is 0 Å². The molecule has 0 spiro atoms. The van der Waals surface area contributed by atoms with E-state index in [0.29, 0.717) is 0 Å². The molecule has 4 rings (SSSR count). The van der Waals surface area contributed by atoms with Gasteiger partial charge in [-0.1, -0.05) is 90.5 Å². The normalized spacial score (nSPS) is 10.9. The molecule has 0 atom stereocenters. The Kier molecular flexibility index (Phi) is 5.35. The monoisotopic (exact) mass is 361 g/mol. The van der Waals surface area contributed by atoms with Crippen LogP contribution in [0.15, 0.2) is 109 Å². The highest BCUT2D eigenvalue weighted by Crippen LogP contribution is 2.34. The Morgan fingerprint density at radius 2 is 0.893 bits per heavy atom. The Balaban J connectivity index is 1.65. The second-order valence-corrected chi connectivity index (χ2v) is 6.84. The summed E-state index contributed by atoms with van der Waals surface area (Å²) in [4.78, 5) is 2.28. The van der Waals surface area contributed by atoms with Crippen LogP contribution in [0.25, 0.3) is 12.2 Å². The lowest BCUT2D eigenvalue weighted by Crippen LogP contribution is -2.09. The maximum atomic E-state index is 2.28. The largest absolute Gasteiger partial charge is 0.311 e. The molecule has 4 aromatic rings. The number of aryl methyl sites for hydroxylation is 1. The van der Waals surface area contributed by atoms with Crippen molar-refractivity contribution < 1.29 is 0 Å². The van der Waals surface area contributed by atoms with E-state index in [1.54, 1.807) is 0 Å². The van der Waals surface area contributed by atoms with Gasteiger partial charge in [-0.2, -0.15) is 0 Å². The Labute approximate surface area is 167 Å². The number of hydrogen-bond acceptors (Lipinski definition) is 1. The molecule has 28 heavy (non-hydrogen) atoms. The van der Waals surface area contributed by atoms with E-state index in [0.717, 1.165) is 17.1 Å². The first-order valence-corrected chi connectivity index (χ1v) is 9.55. The summed E-state index contributed by atoms with van der Waals surface area (Å²) in [7, 11) is 0. The molecule has 136 valence electrons. The molecule has 0 N–H and O–H groups in total. The van der Waals surface area contributed by atoms with Gasteiger partial charge in [-0.05, 0) is 54.4 Å². The zero-order valence-corrected chi connectivity index (χ0v) is 16.0. The van der Waals surface area contributed by atoms with Gasteiger partial charge in [0, 0.05) is 17.1 Å². The Morgan fingerprint density at radius 1 is 0.464 bits per heavy atom. The van der Waals surface area contributed by atoms with E-state index in [1.807, 2.05) is 12.1 Å². The summed E-state index contributed by atoms with van der Waals surface area (Å²) >= 11 is 0. The highest BCUT2D eigenvalue weighted by Gasteiger charge is 2.11. The summed E-state index contributed by atoms with van der Waals surface area (Å²) in [6.45, 7) is 2.12. The lowest BCUT2D eigenvalue weighted by Gasteiger charge is -2.25. The van der Waals surface area contributed by atoms with Crippen LogP contribution in [0.2, 0.25) is 0 Å². The first kappa shape index (κ1) is 17.8. The standard InChI is InChI=1S/C27H23N/c1-22-12-18-26(19-13-22)28(25-10-6-3-7-11-25)27-20-16-24(17-21-27)15-14-23-8-4-2-5-9-23/h2-21H,1H3/b15-14+. The fourth-order valence-corrected chi connectivity index (χ4v) is 3.21. The molecule has 0 aromatic heterocycles. The summed E-state index contributed by atoms with van der Waals surface area (Å²) in [5, 5.41) is 0. The van der Waals surface area contributed by atoms with E-state index in [-0.39, 0.29) is 0 Å². The molecular formula is C27H23N. The van der Waals surface area contributed by atoms with E-state index in [2.05, 4.69) is 121 Å². The van der Waals surface area contributed by atoms with Crippen molar-refractivity contribution in [3.05, 3.63) is 126 Å². The van der Waals surface area contributed by atoms with E-state index in [1.165, 1.54) is 16.7 Å². The third-order valence-corrected chi connectivity index (χ3v) is 4.73. The second kappa shape index (κ2) is 8.41. The molecule has 0 aliphatic heterocycles. The van der Waals surface area contributed by atoms with Crippen molar-refractivity contribution in [2.45, 2.75) is 6.92 Å². The number of benzene rings is 4. The lowest BCUT2D eigenvalue weighted by atomic mass is 10.1. The summed E-state index contributed by atoms with van der Waals surface area (Å²) in [5.41, 5.74) is 7.11. The molecule has 0 aliphatic rings. The molecule has 0 fully saturated rings. The fraction of sp³-hybridized carbons (Fsp3) is 0.0370. The molecule has 0 aliphatic carbocycles. The van der Waals surface area contributed by atoms with Gasteiger partial charge in [0.1, 0.15) is 0 Å². The number of hydrogen-bond donors (Lipinski definition) is 0. The fourth-order valence-electron chi connectivity index (χ4n) is 3.21. The average Bonchev–Trinajstić information content (AvgIpc) is 2.76. The molecule has 4 aromatic carbocycles. The van der Waals surface area contributed by atoms with Crippen LogP contribution < -0.4 is 4.90 Å². The maximum Gasteiger partial charge on any atom is 0.0462 e. The van der Waals surface area contributed by atoms with E-state index < -0.39 is 0 Å². The summed E-state index contributed by atoms with van der Waals surface area (Å²) in [5.74, 6) is 0. The van der Waals surface area contributed by atoms with E-state index >= 15 is 0 Å². The predicted octanol–water partition coefficient (Wildman–Crippen LogP) is 7.64. The van der Waals surface area contributed by atoms with Crippen LogP contribution in [-0.4, -0.2) is 0 Å². The van der Waals surface area contributed by atoms with Crippen LogP contribution in [0, 0.1) is 6.92 Å². The van der Waals surface area contributed by atoms with Crippen LogP contribution in [-0.2, 0) is 0 Å². The van der Waals surface area contributed by atoms with Crippen molar-refractivity contribution >= 4 is 29.2 Å². The first-order chi connectivity index (χ1) is 13.8. The van der Waals surface area contributed by atoms with Gasteiger partial charge in [-0.15, -0.1) is 0 Å². The van der Waals surface area contributed by atoms with E-state index in [4.69, 9.17) is 0 Å². The zero-order valence-electron chi connectivity index (χ0n) is 16.0. The van der Waals surface area contributed by atoms with E-state index in [9.17, 15) is 0 Å². The molecular weight excluding hydrogens is 338 g/mol. The molecule has 0 radical (unpaired) electrons. The highest BCUT2D eigenvalue weighted by atomic mass is 15.1. The average molecular weight is 361 g/mol. The van der Waals surface area contributed by atoms with Gasteiger partial charge in [-0.25, -0.2) is 0 Å². The topological polar surface area (TPSA) is 3.24 Å². The quantitative estimate of drug-likeness (QED) is 0.330. The Morgan fingerprint density at radius 3 is 1.46 bits per heavy atom. The minimum atomic E-state index is 1.15. The summed E-state index contributed by atoms with van der Waals surface area (Å²) in [6, 6.07) is 38.2. The molecule has 0 amide bonds. The molecule has 0 unspecified atom stereocenters. The van der Waals surface area contributed by atoms with Gasteiger partial charge in [-0.3, -0.25) is 0 Å². The predicted molar refractivity (Wildman–Crippen MR) is 121 cm³/mol. The van der Waals surface area contributed by atoms with Crippen LogP contribution in [0.1, 0.15) is 16.7 Å². The molecule has 1 heteroatoms. The SMILES string of the molecule is Cc1ccc(N(c2ccccc2)c2ccc(/C=C/c3ccccc3)cc2)cc1. The van der Waals surface area contributed by atoms with Crippen molar-refractivity contribution in [2.75, 3.05) is 4.90 Å². The van der Waals surface area contributed by atoms with Gasteiger partial charge in [0.15, 0.2) is 0 Å². The Bertz CT molecular complexity index is 1030. The van der Waals surface area contributed by atoms with Crippen LogP contribution in [0.4, 0.5) is 17.1 Å². The van der Waals surface area contributed by atoms with Crippen LogP contribution >= 0.6 is 0 Å². The summed E-state index contributed by atoms with van der Waals surface area (Å²) < 4.78 is 0. The molecule has 0 saturated heterocycles. The number of nitrogens with zero attached hydrogens (tertiary/aromatic N) is 1. The molecule has 1 nitrogen and oxygen atoms in total. The molecule has 0 bridgehead atoms. The first-order valence-electron chi connectivity index (χ1n) is 9.55. The summed E-state index contributed by atoms with van der Waals surface area (Å²) in [6.07, 6.45) is 4.29. The van der Waals surface area contributed by atoms with Gasteiger partial charge >= 0.3 is 0 Å². The maximum absolute atomic E-state index is 2.28. The third kappa shape index (κ3) is 4.21. The van der Waals surface area contributed by atoms with Crippen LogP contribution in [0.5, 0.6) is 0 Å². The second-order valence-electron chi connectivity index (χ2n) is 6.84. The Hall–Kier alpha value is -3.58. The van der Waals surface area contributed by atoms with Crippen molar-refractivity contribution in [1.82, 2.24) is 0 Å². The van der Waals surface area contributed by atoms with Gasteiger partial charge in [0.05, 0.1) is 0 Å². The minimum Gasteiger partial charge on any atom is -0.311 e. The van der Waals surface area contributed by atoms with Gasteiger partial charge in [0.2, 0.25) is 0 Å². The van der Waals surface area contributed by atoms with Crippen molar-refractivity contribution in [1.29, 1.82) is 0 Å². The molecule has 0 heterocycles. The smallest absolute Gasteiger partial charge is 0.0462 e. The van der Waals surface area contributed by atoms with Gasteiger partial charge < -0.3 is 4.90 Å². The van der Waals surface area contributed by atoms with Crippen molar-refractivity contribution in [2.24, 2.45) is 0 Å². The van der Waals surface area contributed by atoms with Crippen molar-refractivity contribution in [3.63, 3.8) is 0 Å². The van der Waals surface area contributed by atoms with Crippen molar-refractivity contribution in [3.8, 4) is 0 Å². The van der Waals surface area contributed by atoms with Gasteiger partial charge in [0.25, 0.3) is 0 Å².